The molecule has 4 heteroatoms. The molecule has 23 heavy (non-hydrogen) atoms. The zero-order valence-electron chi connectivity index (χ0n) is 15.0. The van der Waals surface area contributed by atoms with Crippen LogP contribution in [0.5, 0.6) is 0 Å². The molecule has 1 unspecified atom stereocenters. The Morgan fingerprint density at radius 2 is 1.91 bits per heavy atom. The molecule has 0 spiro atoms. The van der Waals surface area contributed by atoms with Crippen molar-refractivity contribution in [3.63, 3.8) is 0 Å². The Bertz CT molecular complexity index is 543. The Kier molecular flexibility index (Phi) is 5.04. The van der Waals surface area contributed by atoms with Crippen molar-refractivity contribution in [2.24, 2.45) is 11.8 Å². The van der Waals surface area contributed by atoms with Crippen LogP contribution < -0.4 is 11.1 Å². The maximum Gasteiger partial charge on any atom is 0.311 e. The van der Waals surface area contributed by atoms with E-state index in [9.17, 15) is 4.79 Å². The van der Waals surface area contributed by atoms with E-state index in [1.807, 2.05) is 32.9 Å². The van der Waals surface area contributed by atoms with Crippen molar-refractivity contribution in [2.45, 2.75) is 58.6 Å². The molecule has 1 heterocycles. The van der Waals surface area contributed by atoms with Gasteiger partial charge >= 0.3 is 5.97 Å². The predicted octanol–water partition coefficient (Wildman–Crippen LogP) is 3.16. The summed E-state index contributed by atoms with van der Waals surface area (Å²) in [7, 11) is 0. The van der Waals surface area contributed by atoms with Crippen molar-refractivity contribution in [2.75, 3.05) is 12.3 Å². The van der Waals surface area contributed by atoms with Gasteiger partial charge in [-0.05, 0) is 77.6 Å². The first-order chi connectivity index (χ1) is 10.6. The lowest BCUT2D eigenvalue weighted by atomic mass is 9.80. The number of anilines is 1. The predicted molar refractivity (Wildman–Crippen MR) is 94.1 cm³/mol. The Labute approximate surface area is 139 Å². The second kappa shape index (κ2) is 6.52. The third kappa shape index (κ3) is 4.71. The smallest absolute Gasteiger partial charge is 0.311 e. The third-order valence-electron chi connectivity index (χ3n) is 4.51. The molecule has 0 bridgehead atoms. The van der Waals surface area contributed by atoms with Crippen LogP contribution in [-0.2, 0) is 16.0 Å². The normalized spacial score (nSPS) is 23.7. The molecule has 1 aliphatic heterocycles. The number of nitrogens with two attached hydrogens (primary N) is 1. The number of esters is 1. The van der Waals surface area contributed by atoms with E-state index < -0.39 is 5.60 Å². The molecule has 1 aliphatic rings. The molecule has 1 aromatic rings. The molecule has 0 radical (unpaired) electrons. The molecule has 1 fully saturated rings. The van der Waals surface area contributed by atoms with Crippen LogP contribution in [0.1, 0.15) is 46.6 Å². The van der Waals surface area contributed by atoms with Gasteiger partial charge in [0, 0.05) is 11.2 Å². The van der Waals surface area contributed by atoms with Gasteiger partial charge in [0.1, 0.15) is 5.60 Å². The van der Waals surface area contributed by atoms with Crippen LogP contribution in [0.15, 0.2) is 24.3 Å². The molecule has 0 amide bonds. The highest BCUT2D eigenvalue weighted by Crippen LogP contribution is 2.35. The van der Waals surface area contributed by atoms with Gasteiger partial charge in [0.25, 0.3) is 0 Å². The molecule has 1 aromatic carbocycles. The second-order valence-corrected chi connectivity index (χ2v) is 8.15. The quantitative estimate of drug-likeness (QED) is 0.661. The summed E-state index contributed by atoms with van der Waals surface area (Å²) in [5.41, 5.74) is 7.09. The minimum absolute atomic E-state index is 0.0881. The van der Waals surface area contributed by atoms with Gasteiger partial charge in [-0.3, -0.25) is 4.79 Å². The fourth-order valence-corrected chi connectivity index (χ4v) is 3.37. The molecule has 4 nitrogen and oxygen atoms in total. The summed E-state index contributed by atoms with van der Waals surface area (Å²) in [5, 5.41) is 3.49. The summed E-state index contributed by atoms with van der Waals surface area (Å²) in [6.45, 7) is 10.8. The maximum atomic E-state index is 12.7. The van der Waals surface area contributed by atoms with Crippen molar-refractivity contribution >= 4 is 11.7 Å². The fourth-order valence-electron chi connectivity index (χ4n) is 3.37. The molecule has 1 saturated heterocycles. The lowest BCUT2D eigenvalue weighted by Gasteiger charge is -2.31. The number of nitrogen functional groups attached to an aromatic ring is 1. The summed E-state index contributed by atoms with van der Waals surface area (Å²) in [5.74, 6) is 0.0858. The van der Waals surface area contributed by atoms with E-state index in [1.54, 1.807) is 0 Å². The first-order valence-electron chi connectivity index (χ1n) is 8.41. The summed E-state index contributed by atoms with van der Waals surface area (Å²) < 4.78 is 5.66. The minimum Gasteiger partial charge on any atom is -0.460 e. The van der Waals surface area contributed by atoms with Gasteiger partial charge in [-0.15, -0.1) is 0 Å². The summed E-state index contributed by atoms with van der Waals surface area (Å²) in [4.78, 5) is 12.7. The van der Waals surface area contributed by atoms with Crippen LogP contribution in [0.4, 0.5) is 5.69 Å². The first kappa shape index (κ1) is 17.8. The Morgan fingerprint density at radius 1 is 1.30 bits per heavy atom. The highest BCUT2D eigenvalue weighted by molar-refractivity contribution is 5.75. The van der Waals surface area contributed by atoms with E-state index in [0.29, 0.717) is 0 Å². The van der Waals surface area contributed by atoms with E-state index >= 15 is 0 Å². The summed E-state index contributed by atoms with van der Waals surface area (Å²) >= 11 is 0. The fraction of sp³-hybridized carbons (Fsp3) is 0.632. The number of rotatable bonds is 4. The van der Waals surface area contributed by atoms with Crippen LogP contribution >= 0.6 is 0 Å². The number of nitrogens with one attached hydrogen (secondary N) is 1. The maximum absolute atomic E-state index is 12.7. The summed E-state index contributed by atoms with van der Waals surface area (Å²) in [6.07, 6.45) is 1.91. The highest BCUT2D eigenvalue weighted by Gasteiger charge is 2.47. The number of ether oxygens (including phenoxy) is 1. The second-order valence-electron chi connectivity index (χ2n) is 8.15. The Balaban J connectivity index is 2.04. The minimum atomic E-state index is -0.447. The van der Waals surface area contributed by atoms with E-state index in [4.69, 9.17) is 10.5 Å². The topological polar surface area (TPSA) is 64.3 Å². The van der Waals surface area contributed by atoms with Crippen molar-refractivity contribution in [1.29, 1.82) is 0 Å². The standard InChI is InChI=1S/C19H30N2O2/c1-18(2,3)23-17(22)16-14(12-21-19(16,4)5)9-6-13-7-10-15(20)11-8-13/h7-8,10-11,14,16,21H,6,9,12,20H2,1-5H3/t14?,16-/m1/s1. The number of aryl methyl sites for hydroxylation is 1. The monoisotopic (exact) mass is 318 g/mol. The van der Waals surface area contributed by atoms with Crippen LogP contribution in [-0.4, -0.2) is 23.7 Å². The van der Waals surface area contributed by atoms with Crippen LogP contribution in [0.3, 0.4) is 0 Å². The largest absolute Gasteiger partial charge is 0.460 e. The van der Waals surface area contributed by atoms with Crippen LogP contribution in [0, 0.1) is 11.8 Å². The first-order valence-corrected chi connectivity index (χ1v) is 8.41. The zero-order chi connectivity index (χ0) is 17.3. The molecular weight excluding hydrogens is 288 g/mol. The van der Waals surface area contributed by atoms with Gasteiger partial charge in [-0.25, -0.2) is 0 Å². The SMILES string of the molecule is CC(C)(C)OC(=O)[C@H]1C(CCc2ccc(N)cc2)CNC1(C)C. The number of carbonyl (C=O) groups is 1. The molecule has 0 aliphatic carbocycles. The van der Waals surface area contributed by atoms with Gasteiger partial charge in [-0.2, -0.15) is 0 Å². The molecule has 0 saturated carbocycles. The Morgan fingerprint density at radius 3 is 2.48 bits per heavy atom. The van der Waals surface area contributed by atoms with Crippen LogP contribution in [0.2, 0.25) is 0 Å². The molecule has 128 valence electrons. The Hall–Kier alpha value is -1.55. The number of hydrogen-bond donors (Lipinski definition) is 2. The third-order valence-corrected chi connectivity index (χ3v) is 4.51. The molecular formula is C19H30N2O2. The van der Waals surface area contributed by atoms with Crippen molar-refractivity contribution in [3.8, 4) is 0 Å². The van der Waals surface area contributed by atoms with Gasteiger partial charge in [-0.1, -0.05) is 12.1 Å². The van der Waals surface area contributed by atoms with E-state index in [1.165, 1.54) is 5.56 Å². The molecule has 2 rings (SSSR count). The van der Waals surface area contributed by atoms with E-state index in [2.05, 4.69) is 31.3 Å². The van der Waals surface area contributed by atoms with Crippen molar-refractivity contribution < 1.29 is 9.53 Å². The van der Waals surface area contributed by atoms with Gasteiger partial charge < -0.3 is 15.8 Å². The molecule has 3 N–H and O–H groups in total. The molecule has 0 aromatic heterocycles. The highest BCUT2D eigenvalue weighted by atomic mass is 16.6. The van der Waals surface area contributed by atoms with Crippen LogP contribution in [0.25, 0.3) is 0 Å². The summed E-state index contributed by atoms with van der Waals surface area (Å²) in [6, 6.07) is 7.98. The lowest BCUT2D eigenvalue weighted by molar-refractivity contribution is -0.163. The van der Waals surface area contributed by atoms with Gasteiger partial charge in [0.05, 0.1) is 5.92 Å². The average molecular weight is 318 g/mol. The van der Waals surface area contributed by atoms with Crippen molar-refractivity contribution in [1.82, 2.24) is 5.32 Å². The molecule has 2 atom stereocenters. The van der Waals surface area contributed by atoms with Gasteiger partial charge in [0.15, 0.2) is 0 Å². The van der Waals surface area contributed by atoms with E-state index in [-0.39, 0.29) is 23.3 Å². The number of carbonyl (C=O) groups excluding carboxylic acids is 1. The average Bonchev–Trinajstić information content (AvgIpc) is 2.71. The lowest BCUT2D eigenvalue weighted by Crippen LogP contribution is -2.44. The van der Waals surface area contributed by atoms with Crippen molar-refractivity contribution in [3.05, 3.63) is 29.8 Å². The van der Waals surface area contributed by atoms with E-state index in [0.717, 1.165) is 25.1 Å². The zero-order valence-corrected chi connectivity index (χ0v) is 15.0. The van der Waals surface area contributed by atoms with Gasteiger partial charge in [0.2, 0.25) is 0 Å². The number of hydrogen-bond acceptors (Lipinski definition) is 4. The number of benzene rings is 1.